The zero-order valence-electron chi connectivity index (χ0n) is 11.5. The van der Waals surface area contributed by atoms with Crippen molar-refractivity contribution in [3.05, 3.63) is 23.8 Å². The molecule has 0 spiro atoms. The van der Waals surface area contributed by atoms with Crippen molar-refractivity contribution in [2.24, 2.45) is 5.73 Å². The quantitative estimate of drug-likeness (QED) is 0.788. The number of benzene rings is 1. The number of anilines is 1. The first-order chi connectivity index (χ1) is 8.98. The van der Waals surface area contributed by atoms with Gasteiger partial charge in [0.25, 0.3) is 0 Å². The van der Waals surface area contributed by atoms with E-state index in [-0.39, 0.29) is 0 Å². The molecule has 0 heterocycles. The third-order valence-corrected chi connectivity index (χ3v) is 4.46. The molecule has 0 amide bonds. The van der Waals surface area contributed by atoms with Crippen molar-refractivity contribution in [2.75, 3.05) is 24.9 Å². The van der Waals surface area contributed by atoms with Crippen LogP contribution in [0.3, 0.4) is 0 Å². The third-order valence-electron chi connectivity index (χ3n) is 2.79. The minimum atomic E-state index is -3.56. The predicted molar refractivity (Wildman–Crippen MR) is 76.3 cm³/mol. The summed E-state index contributed by atoms with van der Waals surface area (Å²) in [6.07, 6.45) is 0. The predicted octanol–water partition coefficient (Wildman–Crippen LogP) is 1.15. The lowest BCUT2D eigenvalue weighted by atomic mass is 10.2. The number of nitrogens with zero attached hydrogens (tertiary/aromatic N) is 1. The van der Waals surface area contributed by atoms with E-state index in [1.807, 2.05) is 0 Å². The number of rotatable bonds is 7. The fraction of sp³-hybridized carbons (Fsp3) is 0.500. The lowest BCUT2D eigenvalue weighted by Gasteiger charge is -2.20. The van der Waals surface area contributed by atoms with E-state index in [9.17, 15) is 8.42 Å². The molecule has 0 unspecified atom stereocenters. The maximum atomic E-state index is 12.1. The molecule has 0 aromatic heterocycles. The Kier molecular flexibility index (Phi) is 5.59. The monoisotopic (exact) mass is 287 g/mol. The van der Waals surface area contributed by atoms with E-state index in [2.05, 4.69) is 4.72 Å². The lowest BCUT2D eigenvalue weighted by Crippen LogP contribution is -2.35. The highest BCUT2D eigenvalue weighted by molar-refractivity contribution is 7.90. The molecule has 0 atom stereocenters. The molecule has 7 heteroatoms. The molecule has 0 fully saturated rings. The molecule has 108 valence electrons. The molecular weight excluding hydrogens is 266 g/mol. The van der Waals surface area contributed by atoms with Crippen LogP contribution >= 0.6 is 0 Å². The number of nitrogens with one attached hydrogen (secondary N) is 1. The number of methoxy groups -OCH3 is 1. The van der Waals surface area contributed by atoms with Crippen molar-refractivity contribution in [1.82, 2.24) is 4.31 Å². The van der Waals surface area contributed by atoms with Gasteiger partial charge in [0.05, 0.1) is 12.8 Å². The average molecular weight is 287 g/mol. The van der Waals surface area contributed by atoms with Crippen LogP contribution in [0.1, 0.15) is 19.4 Å². The Labute approximate surface area is 114 Å². The molecule has 1 aromatic carbocycles. The molecule has 0 saturated heterocycles. The molecular formula is C12H21N3O3S. The first kappa shape index (κ1) is 15.7. The van der Waals surface area contributed by atoms with Crippen molar-refractivity contribution in [1.29, 1.82) is 0 Å². The zero-order valence-corrected chi connectivity index (χ0v) is 12.3. The Morgan fingerprint density at radius 3 is 2.42 bits per heavy atom. The summed E-state index contributed by atoms with van der Waals surface area (Å²) in [6, 6.07) is 5.14. The molecule has 0 radical (unpaired) electrons. The number of hydrogen-bond donors (Lipinski definition) is 2. The Morgan fingerprint density at radius 1 is 1.32 bits per heavy atom. The van der Waals surface area contributed by atoms with Gasteiger partial charge < -0.3 is 10.5 Å². The molecule has 0 aliphatic carbocycles. The molecule has 19 heavy (non-hydrogen) atoms. The summed E-state index contributed by atoms with van der Waals surface area (Å²) in [6.45, 7) is 4.78. The molecule has 0 bridgehead atoms. The van der Waals surface area contributed by atoms with Gasteiger partial charge in [-0.3, -0.25) is 4.72 Å². The SMILES string of the molecule is CCN(CC)S(=O)(=O)Nc1ccc(CN)cc1OC. The van der Waals surface area contributed by atoms with Crippen LogP contribution in [0, 0.1) is 0 Å². The zero-order chi connectivity index (χ0) is 14.5. The fourth-order valence-corrected chi connectivity index (χ4v) is 2.97. The first-order valence-corrected chi connectivity index (χ1v) is 7.57. The normalized spacial score (nSPS) is 11.6. The summed E-state index contributed by atoms with van der Waals surface area (Å²) in [5, 5.41) is 0. The smallest absolute Gasteiger partial charge is 0.301 e. The highest BCUT2D eigenvalue weighted by Gasteiger charge is 2.20. The van der Waals surface area contributed by atoms with E-state index in [0.29, 0.717) is 31.1 Å². The Balaban J connectivity index is 3.05. The standard InChI is InChI=1S/C12H21N3O3S/c1-4-15(5-2)19(16,17)14-11-7-6-10(9-13)8-12(11)18-3/h6-8,14H,4-5,9,13H2,1-3H3. The van der Waals surface area contributed by atoms with Crippen LogP contribution in [0.15, 0.2) is 18.2 Å². The molecule has 3 N–H and O–H groups in total. The number of nitrogens with two attached hydrogens (primary N) is 1. The van der Waals surface area contributed by atoms with Crippen molar-refractivity contribution >= 4 is 15.9 Å². The summed E-state index contributed by atoms with van der Waals surface area (Å²) in [4.78, 5) is 0. The van der Waals surface area contributed by atoms with Gasteiger partial charge in [0.1, 0.15) is 5.75 Å². The third kappa shape index (κ3) is 3.82. The van der Waals surface area contributed by atoms with Gasteiger partial charge in [0.2, 0.25) is 0 Å². The van der Waals surface area contributed by atoms with E-state index in [1.165, 1.54) is 11.4 Å². The summed E-state index contributed by atoms with van der Waals surface area (Å²) in [7, 11) is -2.06. The second-order valence-electron chi connectivity index (χ2n) is 3.93. The highest BCUT2D eigenvalue weighted by Crippen LogP contribution is 2.26. The van der Waals surface area contributed by atoms with Crippen LogP contribution in [-0.2, 0) is 16.8 Å². The van der Waals surface area contributed by atoms with Crippen LogP contribution in [0.2, 0.25) is 0 Å². The fourth-order valence-electron chi connectivity index (χ4n) is 1.71. The molecule has 1 rings (SSSR count). The van der Waals surface area contributed by atoms with Crippen LogP contribution in [0.25, 0.3) is 0 Å². The topological polar surface area (TPSA) is 84.7 Å². The van der Waals surface area contributed by atoms with Crippen molar-refractivity contribution in [2.45, 2.75) is 20.4 Å². The van der Waals surface area contributed by atoms with Crippen LogP contribution in [0.4, 0.5) is 5.69 Å². The van der Waals surface area contributed by atoms with E-state index in [4.69, 9.17) is 10.5 Å². The van der Waals surface area contributed by atoms with Crippen molar-refractivity contribution in [3.8, 4) is 5.75 Å². The van der Waals surface area contributed by atoms with Gasteiger partial charge in [0.15, 0.2) is 0 Å². The number of hydrogen-bond acceptors (Lipinski definition) is 4. The second kappa shape index (κ2) is 6.74. The Morgan fingerprint density at radius 2 is 1.95 bits per heavy atom. The lowest BCUT2D eigenvalue weighted by molar-refractivity contribution is 0.415. The Hall–Kier alpha value is -1.31. The van der Waals surface area contributed by atoms with Crippen LogP contribution < -0.4 is 15.2 Å². The van der Waals surface area contributed by atoms with Crippen molar-refractivity contribution < 1.29 is 13.2 Å². The average Bonchev–Trinajstić information content (AvgIpc) is 2.39. The summed E-state index contributed by atoms with van der Waals surface area (Å²) < 4.78 is 33.3. The second-order valence-corrected chi connectivity index (χ2v) is 5.60. The summed E-state index contributed by atoms with van der Waals surface area (Å²) in [5.74, 6) is 0.457. The van der Waals surface area contributed by atoms with Gasteiger partial charge in [-0.1, -0.05) is 19.9 Å². The summed E-state index contributed by atoms with van der Waals surface area (Å²) in [5.41, 5.74) is 6.83. The van der Waals surface area contributed by atoms with Gasteiger partial charge in [-0.25, -0.2) is 0 Å². The van der Waals surface area contributed by atoms with Crippen molar-refractivity contribution in [3.63, 3.8) is 0 Å². The van der Waals surface area contributed by atoms with Gasteiger partial charge in [-0.15, -0.1) is 0 Å². The van der Waals surface area contributed by atoms with Gasteiger partial charge >= 0.3 is 10.2 Å². The maximum Gasteiger partial charge on any atom is 0.301 e. The van der Waals surface area contributed by atoms with Crippen LogP contribution in [0.5, 0.6) is 5.75 Å². The highest BCUT2D eigenvalue weighted by atomic mass is 32.2. The maximum absolute atomic E-state index is 12.1. The van der Waals surface area contributed by atoms with E-state index in [1.54, 1.807) is 32.0 Å². The molecule has 0 saturated carbocycles. The first-order valence-electron chi connectivity index (χ1n) is 6.13. The largest absolute Gasteiger partial charge is 0.495 e. The van der Waals surface area contributed by atoms with Gasteiger partial charge in [-0.2, -0.15) is 12.7 Å². The molecule has 1 aromatic rings. The minimum Gasteiger partial charge on any atom is -0.495 e. The molecule has 0 aliphatic heterocycles. The summed E-state index contributed by atoms with van der Waals surface area (Å²) >= 11 is 0. The minimum absolute atomic E-state index is 0.374. The van der Waals surface area contributed by atoms with E-state index >= 15 is 0 Å². The van der Waals surface area contributed by atoms with Crippen LogP contribution in [-0.4, -0.2) is 32.9 Å². The molecule has 0 aliphatic rings. The van der Waals surface area contributed by atoms with E-state index in [0.717, 1.165) is 5.56 Å². The Bertz CT molecular complexity index is 513. The number of ether oxygens (including phenoxy) is 1. The van der Waals surface area contributed by atoms with E-state index < -0.39 is 10.2 Å². The van der Waals surface area contributed by atoms with Gasteiger partial charge in [0, 0.05) is 19.6 Å². The van der Waals surface area contributed by atoms with Gasteiger partial charge in [-0.05, 0) is 17.7 Å². The molecule has 6 nitrogen and oxygen atoms in total.